The molecular weight excluding hydrogens is 176 g/mol. The number of nitrogens with zero attached hydrogens (tertiary/aromatic N) is 4. The molecular formula is C6H10N4O3. The summed E-state index contributed by atoms with van der Waals surface area (Å²) in [4.78, 5) is 10.4. The third-order valence-electron chi connectivity index (χ3n) is 1.52. The summed E-state index contributed by atoms with van der Waals surface area (Å²) in [5.74, 6) is -0.903. The highest BCUT2D eigenvalue weighted by atomic mass is 16.5. The predicted octanol–water partition coefficient (Wildman–Crippen LogP) is -0.837. The van der Waals surface area contributed by atoms with Gasteiger partial charge in [-0.05, 0) is 10.4 Å². The van der Waals surface area contributed by atoms with E-state index in [1.165, 1.54) is 18.1 Å². The van der Waals surface area contributed by atoms with E-state index in [-0.39, 0.29) is 6.42 Å². The maximum Gasteiger partial charge on any atom is 0.306 e. The van der Waals surface area contributed by atoms with Crippen LogP contribution in [0.25, 0.3) is 0 Å². The van der Waals surface area contributed by atoms with Crippen LogP contribution in [0.5, 0.6) is 0 Å². The first-order valence-corrected chi connectivity index (χ1v) is 3.67. The van der Waals surface area contributed by atoms with Crippen LogP contribution in [0.1, 0.15) is 6.42 Å². The molecule has 0 bridgehead atoms. The second-order valence-corrected chi connectivity index (χ2v) is 2.49. The van der Waals surface area contributed by atoms with Crippen LogP contribution in [0, 0.1) is 0 Å². The Labute approximate surface area is 74.3 Å². The van der Waals surface area contributed by atoms with Crippen molar-refractivity contribution < 1.29 is 14.6 Å². The third kappa shape index (κ3) is 3.16. The van der Waals surface area contributed by atoms with E-state index in [9.17, 15) is 4.79 Å². The minimum Gasteiger partial charge on any atom is -0.481 e. The predicted molar refractivity (Wildman–Crippen MR) is 40.9 cm³/mol. The summed E-state index contributed by atoms with van der Waals surface area (Å²) in [6.45, 7) is 0.343. The Morgan fingerprint density at radius 2 is 2.54 bits per heavy atom. The maximum absolute atomic E-state index is 10.4. The SMILES string of the molecule is COC(CC(=O)O)Cn1cnnn1. The second kappa shape index (κ2) is 4.51. The molecule has 13 heavy (non-hydrogen) atoms. The highest BCUT2D eigenvalue weighted by Gasteiger charge is 2.13. The minimum atomic E-state index is -0.903. The summed E-state index contributed by atoms with van der Waals surface area (Å²) in [5, 5.41) is 18.9. The molecule has 0 spiro atoms. The van der Waals surface area contributed by atoms with Crippen molar-refractivity contribution in [3.63, 3.8) is 0 Å². The van der Waals surface area contributed by atoms with Gasteiger partial charge in [0.15, 0.2) is 0 Å². The van der Waals surface area contributed by atoms with Crippen LogP contribution in [-0.4, -0.2) is 44.5 Å². The molecule has 7 heteroatoms. The van der Waals surface area contributed by atoms with Crippen molar-refractivity contribution in [2.75, 3.05) is 7.11 Å². The van der Waals surface area contributed by atoms with E-state index in [2.05, 4.69) is 15.5 Å². The molecule has 7 nitrogen and oxygen atoms in total. The van der Waals surface area contributed by atoms with Crippen molar-refractivity contribution in [2.45, 2.75) is 19.1 Å². The van der Waals surface area contributed by atoms with Crippen LogP contribution < -0.4 is 0 Å². The maximum atomic E-state index is 10.4. The van der Waals surface area contributed by atoms with Crippen molar-refractivity contribution in [1.82, 2.24) is 20.2 Å². The van der Waals surface area contributed by atoms with Gasteiger partial charge in [0.05, 0.1) is 19.1 Å². The molecule has 1 atom stereocenters. The van der Waals surface area contributed by atoms with Crippen molar-refractivity contribution in [3.05, 3.63) is 6.33 Å². The number of aromatic nitrogens is 4. The van der Waals surface area contributed by atoms with Crippen LogP contribution >= 0.6 is 0 Å². The van der Waals surface area contributed by atoms with Gasteiger partial charge in [-0.1, -0.05) is 0 Å². The number of hydrogen-bond acceptors (Lipinski definition) is 5. The number of ether oxygens (including phenoxy) is 1. The van der Waals surface area contributed by atoms with Crippen LogP contribution in [0.15, 0.2) is 6.33 Å². The molecule has 0 aliphatic rings. The first kappa shape index (κ1) is 9.59. The van der Waals surface area contributed by atoms with Crippen molar-refractivity contribution in [2.24, 2.45) is 0 Å². The zero-order chi connectivity index (χ0) is 9.68. The van der Waals surface area contributed by atoms with Gasteiger partial charge in [0.1, 0.15) is 6.33 Å². The highest BCUT2D eigenvalue weighted by Crippen LogP contribution is 1.99. The largest absolute Gasteiger partial charge is 0.481 e. The van der Waals surface area contributed by atoms with Gasteiger partial charge in [-0.3, -0.25) is 4.79 Å². The number of carboxylic acid groups (broad SMARTS) is 1. The number of tetrazole rings is 1. The van der Waals surface area contributed by atoms with E-state index in [1.807, 2.05) is 0 Å². The quantitative estimate of drug-likeness (QED) is 0.645. The normalized spacial score (nSPS) is 12.7. The zero-order valence-corrected chi connectivity index (χ0v) is 7.12. The number of methoxy groups -OCH3 is 1. The highest BCUT2D eigenvalue weighted by molar-refractivity contribution is 5.67. The fraction of sp³-hybridized carbons (Fsp3) is 0.667. The zero-order valence-electron chi connectivity index (χ0n) is 7.12. The fourth-order valence-electron chi connectivity index (χ4n) is 0.890. The molecule has 1 aromatic rings. The molecule has 1 unspecified atom stereocenters. The lowest BCUT2D eigenvalue weighted by atomic mass is 10.2. The molecule has 0 aromatic carbocycles. The number of hydrogen-bond donors (Lipinski definition) is 1. The number of carboxylic acids is 1. The summed E-state index contributed by atoms with van der Waals surface area (Å²) in [6.07, 6.45) is 0.950. The Morgan fingerprint density at radius 1 is 1.77 bits per heavy atom. The molecule has 1 N–H and O–H groups in total. The molecule has 0 saturated heterocycles. The summed E-state index contributed by atoms with van der Waals surface area (Å²) in [7, 11) is 1.46. The van der Waals surface area contributed by atoms with Gasteiger partial charge >= 0.3 is 5.97 Å². The Kier molecular flexibility index (Phi) is 3.32. The Balaban J connectivity index is 2.45. The minimum absolute atomic E-state index is 0.0592. The molecule has 0 amide bonds. The summed E-state index contributed by atoms with van der Waals surface area (Å²) in [6, 6.07) is 0. The number of aliphatic carboxylic acids is 1. The van der Waals surface area contributed by atoms with Gasteiger partial charge in [-0.15, -0.1) is 5.10 Å². The Bertz CT molecular complexity index is 261. The molecule has 72 valence electrons. The smallest absolute Gasteiger partial charge is 0.306 e. The van der Waals surface area contributed by atoms with Crippen LogP contribution in [0.2, 0.25) is 0 Å². The monoisotopic (exact) mass is 186 g/mol. The standard InChI is InChI=1S/C6H10N4O3/c1-13-5(2-6(11)12)3-10-4-7-8-9-10/h4-5H,2-3H2,1H3,(H,11,12). The second-order valence-electron chi connectivity index (χ2n) is 2.49. The van der Waals surface area contributed by atoms with Crippen LogP contribution in [-0.2, 0) is 16.1 Å². The molecule has 0 aliphatic carbocycles. The van der Waals surface area contributed by atoms with Gasteiger partial charge < -0.3 is 9.84 Å². The average molecular weight is 186 g/mol. The molecule has 0 saturated carbocycles. The number of rotatable bonds is 5. The average Bonchev–Trinajstić information content (AvgIpc) is 2.55. The molecule has 1 rings (SSSR count). The molecule has 1 heterocycles. The molecule has 0 fully saturated rings. The van der Waals surface area contributed by atoms with Crippen molar-refractivity contribution in [1.29, 1.82) is 0 Å². The topological polar surface area (TPSA) is 90.1 Å². The van der Waals surface area contributed by atoms with E-state index in [4.69, 9.17) is 9.84 Å². The summed E-state index contributed by atoms with van der Waals surface area (Å²) in [5.41, 5.74) is 0. The summed E-state index contributed by atoms with van der Waals surface area (Å²) >= 11 is 0. The van der Waals surface area contributed by atoms with Crippen molar-refractivity contribution >= 4 is 5.97 Å². The Morgan fingerprint density at radius 3 is 3.00 bits per heavy atom. The van der Waals surface area contributed by atoms with Gasteiger partial charge in [0, 0.05) is 7.11 Å². The van der Waals surface area contributed by atoms with Gasteiger partial charge in [-0.25, -0.2) is 4.68 Å². The molecule has 1 aromatic heterocycles. The van der Waals surface area contributed by atoms with E-state index < -0.39 is 12.1 Å². The van der Waals surface area contributed by atoms with Gasteiger partial charge in [-0.2, -0.15) is 0 Å². The van der Waals surface area contributed by atoms with Gasteiger partial charge in [0.2, 0.25) is 0 Å². The third-order valence-corrected chi connectivity index (χ3v) is 1.52. The van der Waals surface area contributed by atoms with Crippen LogP contribution in [0.4, 0.5) is 0 Å². The van der Waals surface area contributed by atoms with Crippen molar-refractivity contribution in [3.8, 4) is 0 Å². The lowest BCUT2D eigenvalue weighted by molar-refractivity contribution is -0.140. The molecule has 0 radical (unpaired) electrons. The summed E-state index contributed by atoms with van der Waals surface area (Å²) < 4.78 is 6.36. The van der Waals surface area contributed by atoms with E-state index in [0.717, 1.165) is 0 Å². The first-order chi connectivity index (χ1) is 6.22. The lowest BCUT2D eigenvalue weighted by Gasteiger charge is -2.11. The van der Waals surface area contributed by atoms with Gasteiger partial charge in [0.25, 0.3) is 0 Å². The van der Waals surface area contributed by atoms with Crippen LogP contribution in [0.3, 0.4) is 0 Å². The van der Waals surface area contributed by atoms with E-state index >= 15 is 0 Å². The Hall–Kier alpha value is -1.50. The molecule has 0 aliphatic heterocycles. The van der Waals surface area contributed by atoms with E-state index in [0.29, 0.717) is 6.54 Å². The fourth-order valence-corrected chi connectivity index (χ4v) is 0.890. The first-order valence-electron chi connectivity index (χ1n) is 3.67. The van der Waals surface area contributed by atoms with E-state index in [1.54, 1.807) is 0 Å². The lowest BCUT2D eigenvalue weighted by Crippen LogP contribution is -2.22. The number of carbonyl (C=O) groups is 1.